The van der Waals surface area contributed by atoms with Crippen molar-refractivity contribution in [2.24, 2.45) is 15.7 Å². The summed E-state index contributed by atoms with van der Waals surface area (Å²) in [4.78, 5) is 13.4. The Morgan fingerprint density at radius 1 is 1.14 bits per heavy atom. The Hall–Kier alpha value is -2.93. The highest BCUT2D eigenvalue weighted by molar-refractivity contribution is 6.32. The summed E-state index contributed by atoms with van der Waals surface area (Å²) in [6.45, 7) is 1.91. The normalized spacial score (nSPS) is 19.3. The molecule has 0 amide bonds. The Bertz CT molecular complexity index is 895. The van der Waals surface area contributed by atoms with Gasteiger partial charge in [-0.05, 0) is 43.2 Å². The summed E-state index contributed by atoms with van der Waals surface area (Å²) in [6, 6.07) is 15.6. The van der Waals surface area contributed by atoms with Crippen LogP contribution in [0.3, 0.4) is 0 Å². The second kappa shape index (κ2) is 7.98. The molecule has 0 aromatic heterocycles. The van der Waals surface area contributed by atoms with Gasteiger partial charge >= 0.3 is 0 Å². The Labute approximate surface area is 169 Å². The maximum Gasteiger partial charge on any atom is 0.222 e. The first-order chi connectivity index (χ1) is 13.7. The van der Waals surface area contributed by atoms with Gasteiger partial charge in [0, 0.05) is 24.5 Å². The predicted molar refractivity (Wildman–Crippen MR) is 114 cm³/mol. The van der Waals surface area contributed by atoms with E-state index in [1.807, 2.05) is 48.5 Å². The van der Waals surface area contributed by atoms with Crippen LogP contribution in [0.15, 0.2) is 58.5 Å². The number of aliphatic imine (C=N–C) groups is 2. The van der Waals surface area contributed by atoms with Crippen molar-refractivity contribution in [2.75, 3.05) is 30.4 Å². The number of likely N-dealkylation sites (tertiary alicyclic amines) is 1. The Morgan fingerprint density at radius 2 is 1.89 bits per heavy atom. The van der Waals surface area contributed by atoms with Crippen molar-refractivity contribution in [3.05, 3.63) is 53.6 Å². The molecule has 4 rings (SSSR count). The number of hydrogen-bond donors (Lipinski definition) is 2. The van der Waals surface area contributed by atoms with Crippen LogP contribution in [0.1, 0.15) is 12.8 Å². The highest BCUT2D eigenvalue weighted by atomic mass is 35.5. The number of rotatable bonds is 4. The zero-order chi connectivity index (χ0) is 19.5. The number of guanidine groups is 2. The number of nitrogens with one attached hydrogen (secondary N) is 1. The van der Waals surface area contributed by atoms with E-state index in [1.54, 1.807) is 7.11 Å². The summed E-state index contributed by atoms with van der Waals surface area (Å²) in [5.74, 6) is 1.69. The SMILES string of the molecule is COc1ccc(NC2N=C(N)N=C(N3CCCC3)N2c2ccccc2)cc1Cl. The molecule has 0 radical (unpaired) electrons. The molecule has 1 atom stereocenters. The fourth-order valence-electron chi connectivity index (χ4n) is 3.47. The molecule has 7 nitrogen and oxygen atoms in total. The summed E-state index contributed by atoms with van der Waals surface area (Å²) in [6.07, 6.45) is 1.84. The van der Waals surface area contributed by atoms with Crippen molar-refractivity contribution in [3.63, 3.8) is 0 Å². The maximum atomic E-state index is 6.29. The minimum atomic E-state index is -0.444. The predicted octanol–water partition coefficient (Wildman–Crippen LogP) is 3.33. The molecular weight excluding hydrogens is 376 g/mol. The van der Waals surface area contributed by atoms with E-state index >= 15 is 0 Å². The lowest BCUT2D eigenvalue weighted by atomic mass is 10.2. The Morgan fingerprint density at radius 3 is 2.57 bits per heavy atom. The van der Waals surface area contributed by atoms with Gasteiger partial charge in [-0.1, -0.05) is 29.8 Å². The van der Waals surface area contributed by atoms with Gasteiger partial charge in [0.1, 0.15) is 5.75 Å². The Kier molecular flexibility index (Phi) is 5.25. The lowest BCUT2D eigenvalue weighted by Crippen LogP contribution is -2.54. The number of anilines is 2. The first-order valence-electron chi connectivity index (χ1n) is 9.27. The maximum absolute atomic E-state index is 6.29. The molecule has 2 aromatic rings. The average molecular weight is 399 g/mol. The molecule has 8 heteroatoms. The summed E-state index contributed by atoms with van der Waals surface area (Å²) in [5.41, 5.74) is 7.88. The van der Waals surface area contributed by atoms with Gasteiger partial charge in [-0.2, -0.15) is 4.99 Å². The molecule has 0 aliphatic carbocycles. The number of hydrogen-bond acceptors (Lipinski definition) is 7. The van der Waals surface area contributed by atoms with Crippen LogP contribution in [0.2, 0.25) is 5.02 Å². The van der Waals surface area contributed by atoms with Crippen molar-refractivity contribution in [2.45, 2.75) is 19.1 Å². The number of nitrogens with two attached hydrogens (primary N) is 1. The number of para-hydroxylation sites is 1. The molecule has 2 aliphatic heterocycles. The Balaban J connectivity index is 1.69. The smallest absolute Gasteiger partial charge is 0.222 e. The fraction of sp³-hybridized carbons (Fsp3) is 0.300. The van der Waals surface area contributed by atoms with Gasteiger partial charge in [0.25, 0.3) is 0 Å². The van der Waals surface area contributed by atoms with E-state index in [0.29, 0.717) is 10.8 Å². The molecule has 146 valence electrons. The van der Waals surface area contributed by atoms with Crippen LogP contribution in [0, 0.1) is 0 Å². The molecular formula is C20H23ClN6O. The number of benzene rings is 2. The first kappa shape index (κ1) is 18.4. The van der Waals surface area contributed by atoms with Crippen LogP contribution in [0.25, 0.3) is 0 Å². The third kappa shape index (κ3) is 3.71. The number of ether oxygens (including phenoxy) is 1. The van der Waals surface area contributed by atoms with Gasteiger partial charge in [0.15, 0.2) is 0 Å². The van der Waals surface area contributed by atoms with Crippen LogP contribution >= 0.6 is 11.6 Å². The average Bonchev–Trinajstić information content (AvgIpc) is 3.23. The highest BCUT2D eigenvalue weighted by Crippen LogP contribution is 2.30. The molecule has 2 aliphatic rings. The van der Waals surface area contributed by atoms with Crippen molar-refractivity contribution in [1.82, 2.24) is 4.90 Å². The first-order valence-corrected chi connectivity index (χ1v) is 9.65. The van der Waals surface area contributed by atoms with Gasteiger partial charge in [-0.3, -0.25) is 4.90 Å². The topological polar surface area (TPSA) is 78.5 Å². The molecule has 28 heavy (non-hydrogen) atoms. The van der Waals surface area contributed by atoms with Gasteiger partial charge in [-0.15, -0.1) is 0 Å². The quantitative estimate of drug-likeness (QED) is 0.825. The fourth-order valence-corrected chi connectivity index (χ4v) is 3.72. The van der Waals surface area contributed by atoms with Crippen LogP contribution < -0.4 is 20.7 Å². The molecule has 0 bridgehead atoms. The van der Waals surface area contributed by atoms with Crippen molar-refractivity contribution >= 4 is 34.9 Å². The highest BCUT2D eigenvalue weighted by Gasteiger charge is 2.32. The minimum Gasteiger partial charge on any atom is -0.495 e. The monoisotopic (exact) mass is 398 g/mol. The molecule has 1 unspecified atom stereocenters. The summed E-state index contributed by atoms with van der Waals surface area (Å²) in [7, 11) is 1.59. The van der Waals surface area contributed by atoms with Crippen LogP contribution in [0.4, 0.5) is 11.4 Å². The number of nitrogens with zero attached hydrogens (tertiary/aromatic N) is 4. The van der Waals surface area contributed by atoms with Crippen molar-refractivity contribution in [3.8, 4) is 5.75 Å². The molecule has 1 saturated heterocycles. The third-order valence-electron chi connectivity index (χ3n) is 4.80. The molecule has 3 N–H and O–H groups in total. The van der Waals surface area contributed by atoms with Gasteiger partial charge in [-0.25, -0.2) is 4.99 Å². The van der Waals surface area contributed by atoms with E-state index in [0.717, 1.165) is 43.3 Å². The van der Waals surface area contributed by atoms with Gasteiger partial charge in [0.05, 0.1) is 12.1 Å². The largest absolute Gasteiger partial charge is 0.495 e. The zero-order valence-electron chi connectivity index (χ0n) is 15.7. The van der Waals surface area contributed by atoms with E-state index in [-0.39, 0.29) is 5.96 Å². The van der Waals surface area contributed by atoms with Crippen LogP contribution in [-0.2, 0) is 0 Å². The summed E-state index contributed by atoms with van der Waals surface area (Å²) >= 11 is 6.29. The number of halogens is 1. The minimum absolute atomic E-state index is 0.256. The van der Waals surface area contributed by atoms with E-state index in [1.165, 1.54) is 0 Å². The molecule has 1 fully saturated rings. The van der Waals surface area contributed by atoms with Crippen molar-refractivity contribution in [1.29, 1.82) is 0 Å². The second-order valence-electron chi connectivity index (χ2n) is 6.67. The standard InChI is InChI=1S/C20H23ClN6O/c1-28-17-10-9-14(13-16(17)21)23-19-24-18(22)25-20(26-11-5-6-12-26)27(19)15-7-3-2-4-8-15/h2-4,7-10,13,19,23H,5-6,11-12H2,1H3,(H2,22,24). The molecule has 0 spiro atoms. The van der Waals surface area contributed by atoms with Crippen LogP contribution in [-0.4, -0.2) is 43.3 Å². The van der Waals surface area contributed by atoms with Gasteiger partial charge in [0.2, 0.25) is 18.2 Å². The van der Waals surface area contributed by atoms with E-state index in [2.05, 4.69) is 25.1 Å². The summed E-state index contributed by atoms with van der Waals surface area (Å²) in [5, 5.41) is 3.94. The van der Waals surface area contributed by atoms with Crippen molar-refractivity contribution < 1.29 is 4.74 Å². The third-order valence-corrected chi connectivity index (χ3v) is 5.10. The van der Waals surface area contributed by atoms with E-state index < -0.39 is 6.29 Å². The zero-order valence-corrected chi connectivity index (χ0v) is 16.4. The van der Waals surface area contributed by atoms with E-state index in [4.69, 9.17) is 22.1 Å². The van der Waals surface area contributed by atoms with Gasteiger partial charge < -0.3 is 20.7 Å². The lowest BCUT2D eigenvalue weighted by molar-refractivity contribution is 0.415. The molecule has 2 aromatic carbocycles. The molecule has 2 heterocycles. The molecule has 0 saturated carbocycles. The second-order valence-corrected chi connectivity index (χ2v) is 7.07. The summed E-state index contributed by atoms with van der Waals surface area (Å²) < 4.78 is 5.24. The number of methoxy groups -OCH3 is 1. The van der Waals surface area contributed by atoms with Crippen LogP contribution in [0.5, 0.6) is 5.75 Å². The lowest BCUT2D eigenvalue weighted by Gasteiger charge is -2.38. The van der Waals surface area contributed by atoms with E-state index in [9.17, 15) is 0 Å².